The molecule has 10 heteroatoms. The van der Waals surface area contributed by atoms with E-state index in [1.807, 2.05) is 10.9 Å². The minimum Gasteiger partial charge on any atom is -0.494 e. The van der Waals surface area contributed by atoms with Crippen LogP contribution in [0.5, 0.6) is 5.75 Å². The number of aldehydes is 1. The summed E-state index contributed by atoms with van der Waals surface area (Å²) in [5, 5.41) is 7.81. The average Bonchev–Trinajstić information content (AvgIpc) is 3.20. The molecule has 0 spiro atoms. The van der Waals surface area contributed by atoms with Crippen LogP contribution in [0, 0.1) is 11.7 Å². The smallest absolute Gasteiger partial charge is 0.416 e. The molecule has 1 aromatic heterocycles. The summed E-state index contributed by atoms with van der Waals surface area (Å²) in [4.78, 5) is 23.6. The standard InChI is InChI=1S/C23H21F4N3O3/c1-33-21-10-19-14(11-30(29-19)16-5-2-13(12-31)3-6-16)8-20(21)28-22(32)17-7-4-15(9-18(17)24)23(25,26)27/h4,7-13,16H,2-3,5-6H2,1H3,(H,28,32). The summed E-state index contributed by atoms with van der Waals surface area (Å²) in [6, 6.07) is 5.14. The molecule has 6 nitrogen and oxygen atoms in total. The fourth-order valence-electron chi connectivity index (χ4n) is 4.09. The minimum absolute atomic E-state index is 0.0822. The van der Waals surface area contributed by atoms with Gasteiger partial charge in [-0.15, -0.1) is 0 Å². The van der Waals surface area contributed by atoms with E-state index in [0.29, 0.717) is 23.0 Å². The Kier molecular flexibility index (Phi) is 6.09. The lowest BCUT2D eigenvalue weighted by atomic mass is 9.87. The molecule has 33 heavy (non-hydrogen) atoms. The van der Waals surface area contributed by atoms with Gasteiger partial charge in [0.05, 0.1) is 35.5 Å². The number of nitrogens with zero attached hydrogens (tertiary/aromatic N) is 2. The predicted molar refractivity (Wildman–Crippen MR) is 113 cm³/mol. The number of carbonyl (C=O) groups excluding carboxylic acids is 2. The van der Waals surface area contributed by atoms with Crippen LogP contribution in [0.4, 0.5) is 23.2 Å². The van der Waals surface area contributed by atoms with Gasteiger partial charge in [0.25, 0.3) is 5.91 Å². The van der Waals surface area contributed by atoms with Crippen molar-refractivity contribution in [2.75, 3.05) is 12.4 Å². The van der Waals surface area contributed by atoms with Crippen molar-refractivity contribution < 1.29 is 31.9 Å². The minimum atomic E-state index is -4.71. The Bertz CT molecular complexity index is 1200. The van der Waals surface area contributed by atoms with Crippen LogP contribution >= 0.6 is 0 Å². The molecule has 0 aliphatic heterocycles. The summed E-state index contributed by atoms with van der Waals surface area (Å²) < 4.78 is 59.6. The number of rotatable bonds is 5. The summed E-state index contributed by atoms with van der Waals surface area (Å²) in [6.45, 7) is 0. The lowest BCUT2D eigenvalue weighted by Gasteiger charge is -2.25. The normalized spacial score (nSPS) is 18.8. The van der Waals surface area contributed by atoms with Crippen LogP contribution < -0.4 is 10.1 Å². The van der Waals surface area contributed by atoms with Crippen molar-refractivity contribution in [1.82, 2.24) is 9.78 Å². The van der Waals surface area contributed by atoms with Crippen molar-refractivity contribution in [3.63, 3.8) is 0 Å². The number of hydrogen-bond donors (Lipinski definition) is 1. The van der Waals surface area contributed by atoms with Gasteiger partial charge in [0.2, 0.25) is 0 Å². The molecule has 1 N–H and O–H groups in total. The van der Waals surface area contributed by atoms with Crippen molar-refractivity contribution in [2.24, 2.45) is 5.92 Å². The van der Waals surface area contributed by atoms with Crippen LogP contribution in [0.1, 0.15) is 47.6 Å². The zero-order valence-corrected chi connectivity index (χ0v) is 17.7. The second-order valence-corrected chi connectivity index (χ2v) is 8.07. The van der Waals surface area contributed by atoms with Gasteiger partial charge in [0.1, 0.15) is 17.9 Å². The Hall–Kier alpha value is -3.43. The molecule has 1 heterocycles. The summed E-state index contributed by atoms with van der Waals surface area (Å²) in [7, 11) is 1.40. The number of halogens is 4. The van der Waals surface area contributed by atoms with E-state index in [2.05, 4.69) is 10.4 Å². The number of benzene rings is 2. The molecule has 1 aliphatic carbocycles. The Morgan fingerprint density at radius 1 is 1.18 bits per heavy atom. The van der Waals surface area contributed by atoms with Crippen molar-refractivity contribution in [1.29, 1.82) is 0 Å². The monoisotopic (exact) mass is 463 g/mol. The quantitative estimate of drug-likeness (QED) is 0.407. The lowest BCUT2D eigenvalue weighted by Crippen LogP contribution is -2.19. The zero-order valence-electron chi connectivity index (χ0n) is 17.7. The molecule has 0 saturated heterocycles. The van der Waals surface area contributed by atoms with Crippen molar-refractivity contribution in [3.8, 4) is 5.75 Å². The highest BCUT2D eigenvalue weighted by molar-refractivity contribution is 6.06. The maximum absolute atomic E-state index is 14.2. The third-order valence-corrected chi connectivity index (χ3v) is 5.94. The molecular formula is C23H21F4N3O3. The third kappa shape index (κ3) is 4.69. The molecule has 3 aromatic rings. The molecule has 1 saturated carbocycles. The Balaban J connectivity index is 1.58. The van der Waals surface area contributed by atoms with Crippen molar-refractivity contribution in [3.05, 3.63) is 53.5 Å². The summed E-state index contributed by atoms with van der Waals surface area (Å²) in [6.07, 6.45) is 1.36. The number of fused-ring (bicyclic) bond motifs is 1. The molecule has 174 valence electrons. The number of aromatic nitrogens is 2. The number of carbonyl (C=O) groups is 2. The van der Waals surface area contributed by atoms with E-state index in [9.17, 15) is 27.2 Å². The van der Waals surface area contributed by atoms with Gasteiger partial charge in [-0.2, -0.15) is 18.3 Å². The SMILES string of the molecule is COc1cc2nn(C3CCC(C=O)CC3)cc2cc1NC(=O)c1ccc(C(F)(F)F)cc1F. The Morgan fingerprint density at radius 3 is 2.52 bits per heavy atom. The first kappa shape index (κ1) is 22.8. The van der Waals surface area contributed by atoms with Crippen molar-refractivity contribution >= 4 is 28.8 Å². The van der Waals surface area contributed by atoms with Gasteiger partial charge in [0, 0.05) is 23.6 Å². The van der Waals surface area contributed by atoms with E-state index in [4.69, 9.17) is 4.74 Å². The number of hydrogen-bond acceptors (Lipinski definition) is 4. The van der Waals surface area contributed by atoms with Gasteiger partial charge in [-0.3, -0.25) is 9.48 Å². The largest absolute Gasteiger partial charge is 0.494 e. The van der Waals surface area contributed by atoms with Crippen LogP contribution in [0.3, 0.4) is 0 Å². The molecule has 0 radical (unpaired) electrons. The van der Waals surface area contributed by atoms with Gasteiger partial charge in [-0.05, 0) is 49.9 Å². The number of alkyl halides is 3. The number of amides is 1. The van der Waals surface area contributed by atoms with Gasteiger partial charge in [-0.1, -0.05) is 0 Å². The topological polar surface area (TPSA) is 73.2 Å². The van der Waals surface area contributed by atoms with Crippen LogP contribution in [-0.2, 0) is 11.0 Å². The highest BCUT2D eigenvalue weighted by Crippen LogP contribution is 2.35. The first-order chi connectivity index (χ1) is 15.7. The first-order valence-electron chi connectivity index (χ1n) is 10.4. The molecule has 1 aliphatic rings. The van der Waals surface area contributed by atoms with Crippen LogP contribution in [-0.4, -0.2) is 29.1 Å². The summed E-state index contributed by atoms with van der Waals surface area (Å²) in [5.41, 5.74) is -0.834. The third-order valence-electron chi connectivity index (χ3n) is 5.94. The Morgan fingerprint density at radius 2 is 1.91 bits per heavy atom. The maximum Gasteiger partial charge on any atom is 0.416 e. The second-order valence-electron chi connectivity index (χ2n) is 8.07. The molecule has 2 aromatic carbocycles. The average molecular weight is 463 g/mol. The first-order valence-corrected chi connectivity index (χ1v) is 10.4. The van der Waals surface area contributed by atoms with Crippen molar-refractivity contribution in [2.45, 2.75) is 37.9 Å². The molecule has 1 fully saturated rings. The van der Waals surface area contributed by atoms with E-state index < -0.39 is 29.0 Å². The fraction of sp³-hybridized carbons (Fsp3) is 0.348. The van der Waals surface area contributed by atoms with E-state index in [1.54, 1.807) is 12.1 Å². The van der Waals surface area contributed by atoms with E-state index >= 15 is 0 Å². The number of nitrogens with one attached hydrogen (secondary N) is 1. The molecular weight excluding hydrogens is 442 g/mol. The maximum atomic E-state index is 14.2. The molecule has 4 rings (SSSR count). The highest BCUT2D eigenvalue weighted by atomic mass is 19.4. The molecule has 1 amide bonds. The van der Waals surface area contributed by atoms with Gasteiger partial charge in [-0.25, -0.2) is 4.39 Å². The fourth-order valence-corrected chi connectivity index (χ4v) is 4.09. The van der Waals surface area contributed by atoms with Gasteiger partial charge in [0.15, 0.2) is 0 Å². The number of anilines is 1. The van der Waals surface area contributed by atoms with Crippen LogP contribution in [0.25, 0.3) is 10.9 Å². The molecule has 0 unspecified atom stereocenters. The van der Waals surface area contributed by atoms with Gasteiger partial charge >= 0.3 is 6.18 Å². The van der Waals surface area contributed by atoms with Crippen LogP contribution in [0.2, 0.25) is 0 Å². The number of ether oxygens (including phenoxy) is 1. The lowest BCUT2D eigenvalue weighted by molar-refractivity contribution is -0.137. The van der Waals surface area contributed by atoms with Gasteiger partial charge < -0.3 is 14.8 Å². The predicted octanol–water partition coefficient (Wildman–Crippen LogP) is 5.39. The van der Waals surface area contributed by atoms with E-state index in [-0.39, 0.29) is 23.4 Å². The summed E-state index contributed by atoms with van der Waals surface area (Å²) >= 11 is 0. The highest BCUT2D eigenvalue weighted by Gasteiger charge is 2.32. The van der Waals surface area contributed by atoms with E-state index in [0.717, 1.165) is 38.0 Å². The Labute approximate surface area is 186 Å². The molecule has 0 atom stereocenters. The van der Waals surface area contributed by atoms with E-state index in [1.165, 1.54) is 7.11 Å². The van der Waals surface area contributed by atoms with Crippen LogP contribution in [0.15, 0.2) is 36.5 Å². The second kappa shape index (κ2) is 8.84. The molecule has 0 bridgehead atoms. The number of methoxy groups -OCH3 is 1. The zero-order chi connectivity index (χ0) is 23.8. The summed E-state index contributed by atoms with van der Waals surface area (Å²) in [5.74, 6) is -1.82.